The molecule has 0 aliphatic rings. The van der Waals surface area contributed by atoms with E-state index in [-0.39, 0.29) is 0 Å². The molecule has 0 aromatic heterocycles. The fourth-order valence-electron chi connectivity index (χ4n) is 1.63. The maximum atomic E-state index is 8.43. The van der Waals surface area contributed by atoms with Gasteiger partial charge in [0.25, 0.3) is 0 Å². The summed E-state index contributed by atoms with van der Waals surface area (Å²) in [5.41, 5.74) is 5.44. The van der Waals surface area contributed by atoms with E-state index in [0.29, 0.717) is 12.3 Å². The van der Waals surface area contributed by atoms with Crippen molar-refractivity contribution in [3.05, 3.63) is 0 Å². The summed E-state index contributed by atoms with van der Waals surface area (Å²) in [6, 6.07) is 0. The van der Waals surface area contributed by atoms with Crippen molar-refractivity contribution in [1.82, 2.24) is 4.90 Å². The second kappa shape index (κ2) is 10.7. The summed E-state index contributed by atoms with van der Waals surface area (Å²) < 4.78 is 0. The molecule has 0 aromatic carbocycles. The first-order chi connectivity index (χ1) is 7.74. The lowest BCUT2D eigenvalue weighted by Gasteiger charge is -2.21. The third-order valence-electron chi connectivity index (χ3n) is 2.69. The van der Waals surface area contributed by atoms with E-state index in [2.05, 4.69) is 23.9 Å². The van der Waals surface area contributed by atoms with Crippen molar-refractivity contribution in [1.29, 1.82) is 0 Å². The second-order valence-electron chi connectivity index (χ2n) is 4.24. The van der Waals surface area contributed by atoms with Gasteiger partial charge in [-0.25, -0.2) is 0 Å². The molecule has 0 amide bonds. The fraction of sp³-hybridized carbons (Fsp3) is 0.917. The van der Waals surface area contributed by atoms with E-state index in [0.717, 1.165) is 13.0 Å². The van der Waals surface area contributed by atoms with Gasteiger partial charge >= 0.3 is 0 Å². The highest BCUT2D eigenvalue weighted by Crippen LogP contribution is 2.02. The minimum absolute atomic E-state index is 0.339. The van der Waals surface area contributed by atoms with Crippen molar-refractivity contribution in [3.8, 4) is 0 Å². The van der Waals surface area contributed by atoms with Crippen molar-refractivity contribution < 1.29 is 5.21 Å². The molecule has 4 nitrogen and oxygen atoms in total. The molecule has 0 aliphatic carbocycles. The van der Waals surface area contributed by atoms with E-state index < -0.39 is 0 Å². The lowest BCUT2D eigenvalue weighted by molar-refractivity contribution is 0.262. The summed E-state index contributed by atoms with van der Waals surface area (Å²) in [4.78, 5) is 2.48. The van der Waals surface area contributed by atoms with E-state index >= 15 is 0 Å². The van der Waals surface area contributed by atoms with Crippen LogP contribution in [0.4, 0.5) is 0 Å². The average Bonchev–Trinajstić information content (AvgIpc) is 2.31. The van der Waals surface area contributed by atoms with E-state index in [1.165, 1.54) is 38.8 Å². The first-order valence-corrected chi connectivity index (χ1v) is 6.43. The Balaban J connectivity index is 3.72. The van der Waals surface area contributed by atoms with Gasteiger partial charge in [0, 0.05) is 6.42 Å². The molecular weight excluding hydrogens is 202 g/mol. The van der Waals surface area contributed by atoms with Crippen LogP contribution in [0.25, 0.3) is 0 Å². The summed E-state index contributed by atoms with van der Waals surface area (Å²) in [5.74, 6) is 0.339. The Bertz CT molecular complexity index is 175. The first kappa shape index (κ1) is 15.2. The van der Waals surface area contributed by atoms with Gasteiger partial charge in [0.1, 0.15) is 5.84 Å². The molecule has 0 fully saturated rings. The number of oxime groups is 1. The molecule has 3 N–H and O–H groups in total. The number of hydrogen-bond acceptors (Lipinski definition) is 3. The van der Waals surface area contributed by atoms with Crippen LogP contribution in [0, 0.1) is 0 Å². The first-order valence-electron chi connectivity index (χ1n) is 6.43. The van der Waals surface area contributed by atoms with Crippen molar-refractivity contribution in [2.45, 2.75) is 52.4 Å². The van der Waals surface area contributed by atoms with Gasteiger partial charge < -0.3 is 15.8 Å². The van der Waals surface area contributed by atoms with E-state index in [1.54, 1.807) is 0 Å². The van der Waals surface area contributed by atoms with Crippen LogP contribution in [0.15, 0.2) is 5.16 Å². The molecule has 96 valence electrons. The van der Waals surface area contributed by atoms with Crippen LogP contribution >= 0.6 is 0 Å². The number of hydrogen-bond donors (Lipinski definition) is 2. The maximum Gasteiger partial charge on any atom is 0.139 e. The lowest BCUT2D eigenvalue weighted by Crippen LogP contribution is -2.28. The summed E-state index contributed by atoms with van der Waals surface area (Å²) in [6.45, 7) is 7.83. The highest BCUT2D eigenvalue weighted by atomic mass is 16.4. The number of nitrogens with zero attached hydrogens (tertiary/aromatic N) is 2. The van der Waals surface area contributed by atoms with Crippen LogP contribution in [0.3, 0.4) is 0 Å². The zero-order valence-corrected chi connectivity index (χ0v) is 10.8. The molecule has 0 atom stereocenters. The van der Waals surface area contributed by atoms with Gasteiger partial charge in [0.05, 0.1) is 0 Å². The Morgan fingerprint density at radius 1 is 1.06 bits per heavy atom. The topological polar surface area (TPSA) is 61.8 Å². The molecule has 0 aromatic rings. The Kier molecular flexibility index (Phi) is 10.2. The summed E-state index contributed by atoms with van der Waals surface area (Å²) in [6.07, 6.45) is 6.65. The smallest absolute Gasteiger partial charge is 0.139 e. The van der Waals surface area contributed by atoms with Crippen LogP contribution in [0.5, 0.6) is 0 Å². The third kappa shape index (κ3) is 8.53. The second-order valence-corrected chi connectivity index (χ2v) is 4.24. The predicted octanol–water partition coefficient (Wildman–Crippen LogP) is 2.42. The monoisotopic (exact) mass is 229 g/mol. The third-order valence-corrected chi connectivity index (χ3v) is 2.69. The Labute approximate surface area is 99.5 Å². The number of nitrogens with two attached hydrogens (primary N) is 1. The summed E-state index contributed by atoms with van der Waals surface area (Å²) in [5, 5.41) is 11.4. The van der Waals surface area contributed by atoms with Crippen molar-refractivity contribution in [3.63, 3.8) is 0 Å². The van der Waals surface area contributed by atoms with Crippen molar-refractivity contribution in [2.24, 2.45) is 10.9 Å². The van der Waals surface area contributed by atoms with E-state index in [1.807, 2.05) is 0 Å². The normalized spacial score (nSPS) is 12.3. The lowest BCUT2D eigenvalue weighted by atomic mass is 10.2. The fourth-order valence-corrected chi connectivity index (χ4v) is 1.63. The minimum atomic E-state index is 0.339. The zero-order chi connectivity index (χ0) is 12.2. The Morgan fingerprint density at radius 3 is 2.00 bits per heavy atom. The van der Waals surface area contributed by atoms with Gasteiger partial charge in [0.15, 0.2) is 0 Å². The predicted molar refractivity (Wildman–Crippen MR) is 68.9 cm³/mol. The molecule has 0 aliphatic heterocycles. The van der Waals surface area contributed by atoms with Gasteiger partial charge in [-0.15, -0.1) is 0 Å². The Morgan fingerprint density at radius 2 is 1.56 bits per heavy atom. The molecule has 0 saturated heterocycles. The molecular formula is C12H27N3O. The molecule has 0 heterocycles. The Hall–Kier alpha value is -0.770. The van der Waals surface area contributed by atoms with Gasteiger partial charge in [-0.3, -0.25) is 0 Å². The van der Waals surface area contributed by atoms with Gasteiger partial charge in [-0.05, 0) is 38.9 Å². The van der Waals surface area contributed by atoms with Crippen LogP contribution in [0.1, 0.15) is 52.4 Å². The van der Waals surface area contributed by atoms with Gasteiger partial charge in [-0.2, -0.15) is 0 Å². The molecule has 0 spiro atoms. The molecule has 0 bridgehead atoms. The molecule has 0 unspecified atom stereocenters. The van der Waals surface area contributed by atoms with E-state index in [9.17, 15) is 0 Å². The molecule has 0 radical (unpaired) electrons. The van der Waals surface area contributed by atoms with Crippen LogP contribution < -0.4 is 5.73 Å². The SMILES string of the molecule is CCCCN(CCCC)CCC/C(N)=N/O. The molecule has 16 heavy (non-hydrogen) atoms. The summed E-state index contributed by atoms with van der Waals surface area (Å²) >= 11 is 0. The quantitative estimate of drug-likeness (QED) is 0.262. The van der Waals surface area contributed by atoms with Crippen LogP contribution in [0.2, 0.25) is 0 Å². The highest BCUT2D eigenvalue weighted by Gasteiger charge is 2.04. The number of unbranched alkanes of at least 4 members (excludes halogenated alkanes) is 2. The van der Waals surface area contributed by atoms with Gasteiger partial charge in [0.2, 0.25) is 0 Å². The molecule has 0 saturated carbocycles. The number of rotatable bonds is 10. The standard InChI is InChI=1S/C12H27N3O/c1-3-5-9-15(10-6-4-2)11-7-8-12(13)14-16/h16H,3-11H2,1-2H3,(H2,13,14). The number of amidine groups is 1. The minimum Gasteiger partial charge on any atom is -0.409 e. The van der Waals surface area contributed by atoms with Crippen molar-refractivity contribution in [2.75, 3.05) is 19.6 Å². The van der Waals surface area contributed by atoms with Crippen LogP contribution in [-0.4, -0.2) is 35.6 Å². The largest absolute Gasteiger partial charge is 0.409 e. The highest BCUT2D eigenvalue weighted by molar-refractivity contribution is 5.79. The van der Waals surface area contributed by atoms with Crippen molar-refractivity contribution >= 4 is 5.84 Å². The molecule has 4 heteroatoms. The van der Waals surface area contributed by atoms with E-state index in [4.69, 9.17) is 10.9 Å². The maximum absolute atomic E-state index is 8.43. The average molecular weight is 229 g/mol. The summed E-state index contributed by atoms with van der Waals surface area (Å²) in [7, 11) is 0. The molecule has 0 rings (SSSR count). The zero-order valence-electron chi connectivity index (χ0n) is 10.8. The van der Waals surface area contributed by atoms with Gasteiger partial charge in [-0.1, -0.05) is 31.8 Å². The van der Waals surface area contributed by atoms with Crippen LogP contribution in [-0.2, 0) is 0 Å².